The summed E-state index contributed by atoms with van der Waals surface area (Å²) in [5, 5.41) is 11.7. The molecule has 3 heterocycles. The third-order valence-electron chi connectivity index (χ3n) is 5.38. The minimum atomic E-state index is -0.433. The highest BCUT2D eigenvalue weighted by molar-refractivity contribution is 6.07. The zero-order valence-electron chi connectivity index (χ0n) is 15.2. The van der Waals surface area contributed by atoms with Gasteiger partial charge in [0.2, 0.25) is 5.78 Å². The van der Waals surface area contributed by atoms with E-state index in [0.717, 1.165) is 6.54 Å². The summed E-state index contributed by atoms with van der Waals surface area (Å²) in [4.78, 5) is 32.1. The number of hydrogen-bond donors (Lipinski definition) is 0. The molecule has 27 heavy (non-hydrogen) atoms. The summed E-state index contributed by atoms with van der Waals surface area (Å²) in [6.07, 6.45) is 3.23. The van der Waals surface area contributed by atoms with Gasteiger partial charge in [0.25, 0.3) is 5.69 Å². The molecule has 0 saturated carbocycles. The number of nitro groups is 1. The van der Waals surface area contributed by atoms with E-state index in [4.69, 9.17) is 4.74 Å². The fourth-order valence-corrected chi connectivity index (χ4v) is 3.85. The first-order chi connectivity index (χ1) is 13.0. The van der Waals surface area contributed by atoms with Crippen molar-refractivity contribution < 1.29 is 14.5 Å². The molecule has 9 nitrogen and oxygen atoms in total. The zero-order chi connectivity index (χ0) is 19.1. The molecule has 9 heteroatoms. The average Bonchev–Trinajstić information content (AvgIpc) is 3.27. The van der Waals surface area contributed by atoms with E-state index < -0.39 is 4.92 Å². The van der Waals surface area contributed by atoms with E-state index in [0.29, 0.717) is 25.4 Å². The van der Waals surface area contributed by atoms with Gasteiger partial charge in [-0.15, -0.1) is 0 Å². The Labute approximate surface area is 156 Å². The van der Waals surface area contributed by atoms with Gasteiger partial charge in [-0.25, -0.2) is 4.98 Å². The number of morpholine rings is 1. The van der Waals surface area contributed by atoms with Crippen LogP contribution >= 0.6 is 0 Å². The van der Waals surface area contributed by atoms with Crippen LogP contribution in [0.5, 0.6) is 0 Å². The van der Waals surface area contributed by atoms with E-state index >= 15 is 0 Å². The molecule has 2 fully saturated rings. The number of carbonyl (C=O) groups is 1. The van der Waals surface area contributed by atoms with Gasteiger partial charge in [0.05, 0.1) is 23.7 Å². The minimum absolute atomic E-state index is 0.0391. The van der Waals surface area contributed by atoms with Gasteiger partial charge in [0.1, 0.15) is 5.69 Å². The zero-order valence-corrected chi connectivity index (χ0v) is 15.2. The van der Waals surface area contributed by atoms with Crippen LogP contribution in [0, 0.1) is 10.1 Å². The molecule has 0 radical (unpaired) electrons. The van der Waals surface area contributed by atoms with Crippen molar-refractivity contribution in [2.45, 2.75) is 12.1 Å². The summed E-state index contributed by atoms with van der Waals surface area (Å²) in [7, 11) is 3.76. The Hall–Kier alpha value is -2.78. The van der Waals surface area contributed by atoms with Crippen LogP contribution < -0.4 is 4.90 Å². The number of aromatic nitrogens is 2. The molecule has 1 aromatic heterocycles. The molecule has 2 unspecified atom stereocenters. The summed E-state index contributed by atoms with van der Waals surface area (Å²) in [6, 6.07) is 4.85. The van der Waals surface area contributed by atoms with Gasteiger partial charge >= 0.3 is 0 Å². The van der Waals surface area contributed by atoms with Crippen molar-refractivity contribution in [2.75, 3.05) is 38.2 Å². The van der Waals surface area contributed by atoms with Crippen LogP contribution in [-0.2, 0) is 11.8 Å². The van der Waals surface area contributed by atoms with Crippen LogP contribution in [-0.4, -0.2) is 70.6 Å². The van der Waals surface area contributed by atoms with Crippen molar-refractivity contribution in [3.8, 4) is 0 Å². The molecule has 0 aliphatic carbocycles. The molecule has 2 aliphatic heterocycles. The van der Waals surface area contributed by atoms with E-state index in [-0.39, 0.29) is 35.0 Å². The lowest BCUT2D eigenvalue weighted by Crippen LogP contribution is -2.48. The van der Waals surface area contributed by atoms with Crippen molar-refractivity contribution in [1.82, 2.24) is 14.5 Å². The molecular weight excluding hydrogens is 350 g/mol. The first-order valence-electron chi connectivity index (χ1n) is 8.83. The minimum Gasteiger partial charge on any atom is -0.373 e. The summed E-state index contributed by atoms with van der Waals surface area (Å²) >= 11 is 0. The monoisotopic (exact) mass is 371 g/mol. The van der Waals surface area contributed by atoms with Crippen molar-refractivity contribution in [2.24, 2.45) is 7.05 Å². The number of benzene rings is 1. The predicted molar refractivity (Wildman–Crippen MR) is 98.1 cm³/mol. The van der Waals surface area contributed by atoms with Crippen LogP contribution in [0.2, 0.25) is 0 Å². The van der Waals surface area contributed by atoms with Crippen molar-refractivity contribution in [3.05, 3.63) is 52.1 Å². The number of aryl methyl sites for hydroxylation is 1. The Kier molecular flexibility index (Phi) is 4.40. The molecule has 0 N–H and O–H groups in total. The lowest BCUT2D eigenvalue weighted by molar-refractivity contribution is -0.384. The number of ether oxygens (including phenoxy) is 1. The molecule has 0 spiro atoms. The molecule has 1 aromatic carbocycles. The third kappa shape index (κ3) is 3.08. The van der Waals surface area contributed by atoms with Crippen LogP contribution in [0.1, 0.15) is 16.2 Å². The van der Waals surface area contributed by atoms with Gasteiger partial charge in [0, 0.05) is 50.7 Å². The topological polar surface area (TPSA) is 93.7 Å². The average molecular weight is 371 g/mol. The summed E-state index contributed by atoms with van der Waals surface area (Å²) < 4.78 is 7.43. The summed E-state index contributed by atoms with van der Waals surface area (Å²) in [5.41, 5.74) is 0.698. The van der Waals surface area contributed by atoms with Gasteiger partial charge in [-0.1, -0.05) is 0 Å². The third-order valence-corrected chi connectivity index (χ3v) is 5.38. The first kappa shape index (κ1) is 17.6. The van der Waals surface area contributed by atoms with Crippen LogP contribution in [0.3, 0.4) is 0 Å². The highest BCUT2D eigenvalue weighted by Crippen LogP contribution is 2.34. The summed E-state index contributed by atoms with van der Waals surface area (Å²) in [5.74, 6) is -0.0884. The highest BCUT2D eigenvalue weighted by atomic mass is 16.6. The molecule has 2 atom stereocenters. The maximum atomic E-state index is 12.6. The molecule has 0 bridgehead atoms. The van der Waals surface area contributed by atoms with Crippen molar-refractivity contribution in [3.63, 3.8) is 0 Å². The Morgan fingerprint density at radius 1 is 1.33 bits per heavy atom. The smallest absolute Gasteiger partial charge is 0.293 e. The standard InChI is InChI=1S/C18H21N5O4/c1-20-7-8-27-16-11-22(10-15(16)20)13-4-3-12(9-14(13)23(25)26)17(24)18-19-5-6-21(18)2/h3-6,9,15-16H,7-8,10-11H2,1-2H3. The van der Waals surface area contributed by atoms with Crippen LogP contribution in [0.15, 0.2) is 30.6 Å². The number of likely N-dealkylation sites (N-methyl/N-ethyl adjacent to an activating group) is 1. The van der Waals surface area contributed by atoms with Crippen LogP contribution in [0.4, 0.5) is 11.4 Å². The molecule has 2 saturated heterocycles. The van der Waals surface area contributed by atoms with E-state index in [1.807, 2.05) is 11.9 Å². The second-order valence-electron chi connectivity index (χ2n) is 7.01. The Bertz CT molecular complexity index is 896. The van der Waals surface area contributed by atoms with E-state index in [1.165, 1.54) is 12.3 Å². The SMILES string of the molecule is CN1CCOC2CN(c3ccc(C(=O)c4nccn4C)cc3[N+](=O)[O-])CC21. The number of rotatable bonds is 4. The fourth-order valence-electron chi connectivity index (χ4n) is 3.85. The lowest BCUT2D eigenvalue weighted by Gasteiger charge is -2.33. The normalized spacial score (nSPS) is 22.7. The number of nitrogens with zero attached hydrogens (tertiary/aromatic N) is 5. The quantitative estimate of drug-likeness (QED) is 0.451. The number of nitro benzene ring substituents is 1. The predicted octanol–water partition coefficient (Wildman–Crippen LogP) is 1.08. The maximum Gasteiger partial charge on any atom is 0.293 e. The van der Waals surface area contributed by atoms with Crippen molar-refractivity contribution >= 4 is 17.2 Å². The second kappa shape index (κ2) is 6.75. The number of imidazole rings is 1. The molecule has 4 rings (SSSR count). The van der Waals surface area contributed by atoms with Gasteiger partial charge in [-0.05, 0) is 19.2 Å². The maximum absolute atomic E-state index is 12.6. The molecule has 142 valence electrons. The van der Waals surface area contributed by atoms with E-state index in [9.17, 15) is 14.9 Å². The number of ketones is 1. The van der Waals surface area contributed by atoms with Crippen molar-refractivity contribution in [1.29, 1.82) is 0 Å². The lowest BCUT2D eigenvalue weighted by atomic mass is 10.1. The largest absolute Gasteiger partial charge is 0.373 e. The number of anilines is 1. The number of hydrogen-bond acceptors (Lipinski definition) is 7. The first-order valence-corrected chi connectivity index (χ1v) is 8.83. The summed E-state index contributed by atoms with van der Waals surface area (Å²) in [6.45, 7) is 2.79. The van der Waals surface area contributed by atoms with Gasteiger partial charge in [0.15, 0.2) is 5.82 Å². The fraction of sp³-hybridized carbons (Fsp3) is 0.444. The van der Waals surface area contributed by atoms with Crippen LogP contribution in [0.25, 0.3) is 0 Å². The van der Waals surface area contributed by atoms with E-state index in [2.05, 4.69) is 9.88 Å². The molecule has 0 amide bonds. The number of fused-ring (bicyclic) bond motifs is 1. The highest BCUT2D eigenvalue weighted by Gasteiger charge is 2.40. The second-order valence-corrected chi connectivity index (χ2v) is 7.01. The Balaban J connectivity index is 1.65. The van der Waals surface area contributed by atoms with Gasteiger partial charge in [-0.2, -0.15) is 0 Å². The van der Waals surface area contributed by atoms with Gasteiger partial charge in [-0.3, -0.25) is 19.8 Å². The molecule has 2 aliphatic rings. The number of carbonyl (C=O) groups excluding carboxylic acids is 1. The molecule has 2 aromatic rings. The Morgan fingerprint density at radius 3 is 2.81 bits per heavy atom. The van der Waals surface area contributed by atoms with Gasteiger partial charge < -0.3 is 14.2 Å². The Morgan fingerprint density at radius 2 is 2.15 bits per heavy atom. The molecular formula is C18H21N5O4. The van der Waals surface area contributed by atoms with E-state index in [1.54, 1.807) is 29.9 Å².